The Morgan fingerprint density at radius 2 is 2.29 bits per heavy atom. The van der Waals surface area contributed by atoms with Crippen molar-refractivity contribution in [1.29, 1.82) is 0 Å². The van der Waals surface area contributed by atoms with E-state index in [1.54, 1.807) is 0 Å². The number of rotatable bonds is 3. The maximum absolute atomic E-state index is 13.4. The van der Waals surface area contributed by atoms with Gasteiger partial charge >= 0.3 is 0 Å². The summed E-state index contributed by atoms with van der Waals surface area (Å²) in [4.78, 5) is 8.44. The van der Waals surface area contributed by atoms with Gasteiger partial charge in [-0.2, -0.15) is 0 Å². The van der Waals surface area contributed by atoms with Crippen LogP contribution in [0.4, 0.5) is 10.1 Å². The van der Waals surface area contributed by atoms with Gasteiger partial charge in [0.2, 0.25) is 0 Å². The standard InChI is InChI=1S/C15H21FN4O/c16-11-8-14-13(18-9-11)2-1-4-20(14)7-6-19-5-3-12(17)15(21)10-19/h1-2,8-9,12,15,21H,3-7,10,17H2/t12-,15+/m1/s1. The van der Waals surface area contributed by atoms with Crippen molar-refractivity contribution in [2.24, 2.45) is 5.73 Å². The van der Waals surface area contributed by atoms with Gasteiger partial charge in [0.1, 0.15) is 5.82 Å². The molecule has 0 radical (unpaired) electrons. The molecule has 2 aliphatic rings. The Balaban J connectivity index is 1.62. The van der Waals surface area contributed by atoms with Gasteiger partial charge in [-0.3, -0.25) is 9.88 Å². The van der Waals surface area contributed by atoms with Crippen molar-refractivity contribution in [2.75, 3.05) is 37.6 Å². The SMILES string of the molecule is N[C@@H]1CCN(CCN2CC=Cc3ncc(F)cc32)C[C@@H]1O. The van der Waals surface area contributed by atoms with Crippen LogP contribution in [0, 0.1) is 5.82 Å². The third-order valence-electron chi connectivity index (χ3n) is 4.21. The van der Waals surface area contributed by atoms with Gasteiger partial charge in [0.05, 0.1) is 23.7 Å². The first-order valence-corrected chi connectivity index (χ1v) is 7.36. The third kappa shape index (κ3) is 3.23. The molecule has 21 heavy (non-hydrogen) atoms. The highest BCUT2D eigenvalue weighted by Crippen LogP contribution is 2.24. The number of aromatic nitrogens is 1. The number of halogens is 1. The minimum absolute atomic E-state index is 0.113. The van der Waals surface area contributed by atoms with Crippen molar-refractivity contribution in [3.05, 3.63) is 29.9 Å². The van der Waals surface area contributed by atoms with E-state index in [1.807, 2.05) is 12.2 Å². The van der Waals surface area contributed by atoms with Crippen LogP contribution in [0.3, 0.4) is 0 Å². The molecule has 3 heterocycles. The molecule has 0 aliphatic carbocycles. The normalized spacial score (nSPS) is 26.0. The number of pyridine rings is 1. The lowest BCUT2D eigenvalue weighted by molar-refractivity contribution is 0.0549. The molecule has 1 aromatic heterocycles. The Morgan fingerprint density at radius 1 is 1.43 bits per heavy atom. The molecule has 0 aromatic carbocycles. The van der Waals surface area contributed by atoms with Gasteiger partial charge in [0.15, 0.2) is 0 Å². The van der Waals surface area contributed by atoms with Crippen LogP contribution < -0.4 is 10.6 Å². The average molecular weight is 292 g/mol. The summed E-state index contributed by atoms with van der Waals surface area (Å²) in [6.45, 7) is 3.88. The quantitative estimate of drug-likeness (QED) is 0.847. The minimum Gasteiger partial charge on any atom is -0.390 e. The number of piperidine rings is 1. The van der Waals surface area contributed by atoms with E-state index in [0.717, 1.165) is 44.0 Å². The van der Waals surface area contributed by atoms with Crippen molar-refractivity contribution in [3.8, 4) is 0 Å². The van der Waals surface area contributed by atoms with Crippen molar-refractivity contribution in [2.45, 2.75) is 18.6 Å². The molecule has 1 aromatic rings. The summed E-state index contributed by atoms with van der Waals surface area (Å²) in [7, 11) is 0. The Hall–Kier alpha value is -1.50. The molecule has 3 rings (SSSR count). The molecule has 2 aliphatic heterocycles. The zero-order valence-corrected chi connectivity index (χ0v) is 12.0. The molecule has 0 bridgehead atoms. The average Bonchev–Trinajstić information content (AvgIpc) is 2.48. The molecule has 0 amide bonds. The zero-order chi connectivity index (χ0) is 14.8. The number of nitrogens with two attached hydrogens (primary N) is 1. The number of aliphatic hydroxyl groups is 1. The summed E-state index contributed by atoms with van der Waals surface area (Å²) in [6, 6.07) is 1.42. The number of fused-ring (bicyclic) bond motifs is 1. The molecule has 5 nitrogen and oxygen atoms in total. The van der Waals surface area contributed by atoms with Crippen LogP contribution in [0.25, 0.3) is 6.08 Å². The van der Waals surface area contributed by atoms with Crippen LogP contribution in [0.2, 0.25) is 0 Å². The maximum atomic E-state index is 13.4. The lowest BCUT2D eigenvalue weighted by Crippen LogP contribution is -2.52. The number of aliphatic hydroxyl groups excluding tert-OH is 1. The third-order valence-corrected chi connectivity index (χ3v) is 4.21. The van der Waals surface area contributed by atoms with Crippen LogP contribution >= 0.6 is 0 Å². The molecule has 0 saturated carbocycles. The second-order valence-electron chi connectivity index (χ2n) is 5.73. The second-order valence-corrected chi connectivity index (χ2v) is 5.73. The molecule has 6 heteroatoms. The largest absolute Gasteiger partial charge is 0.390 e. The summed E-state index contributed by atoms with van der Waals surface area (Å²) in [6.07, 6.45) is 5.57. The van der Waals surface area contributed by atoms with E-state index < -0.39 is 6.10 Å². The fourth-order valence-corrected chi connectivity index (χ4v) is 2.90. The van der Waals surface area contributed by atoms with Crippen LogP contribution in [-0.2, 0) is 0 Å². The van der Waals surface area contributed by atoms with Crippen LogP contribution in [0.1, 0.15) is 12.1 Å². The fourth-order valence-electron chi connectivity index (χ4n) is 2.90. The van der Waals surface area contributed by atoms with Gasteiger partial charge in [0, 0.05) is 38.3 Å². The Kier molecular flexibility index (Phi) is 4.19. The first-order chi connectivity index (χ1) is 10.1. The molecule has 2 atom stereocenters. The van der Waals surface area contributed by atoms with Crippen LogP contribution in [0.5, 0.6) is 0 Å². The van der Waals surface area contributed by atoms with Gasteiger partial charge < -0.3 is 15.7 Å². The highest BCUT2D eigenvalue weighted by molar-refractivity contribution is 5.68. The Labute approximate surface area is 123 Å². The number of likely N-dealkylation sites (tertiary alicyclic amines) is 1. The lowest BCUT2D eigenvalue weighted by Gasteiger charge is -2.36. The Morgan fingerprint density at radius 3 is 3.10 bits per heavy atom. The molecule has 0 spiro atoms. The number of hydrogen-bond donors (Lipinski definition) is 2. The highest BCUT2D eigenvalue weighted by atomic mass is 19.1. The van der Waals surface area contributed by atoms with Gasteiger partial charge in [-0.05, 0) is 19.0 Å². The predicted octanol–water partition coefficient (Wildman–Crippen LogP) is 0.448. The van der Waals surface area contributed by atoms with Crippen molar-refractivity contribution in [1.82, 2.24) is 9.88 Å². The fraction of sp³-hybridized carbons (Fsp3) is 0.533. The molecule has 114 valence electrons. The van der Waals surface area contributed by atoms with Crippen molar-refractivity contribution in [3.63, 3.8) is 0 Å². The topological polar surface area (TPSA) is 65.6 Å². The molecular weight excluding hydrogens is 271 g/mol. The van der Waals surface area contributed by atoms with E-state index in [-0.39, 0.29) is 11.9 Å². The molecule has 1 saturated heterocycles. The summed E-state index contributed by atoms with van der Waals surface area (Å²) < 4.78 is 13.4. The van der Waals surface area contributed by atoms with Crippen molar-refractivity contribution >= 4 is 11.8 Å². The van der Waals surface area contributed by atoms with Crippen molar-refractivity contribution < 1.29 is 9.50 Å². The van der Waals surface area contributed by atoms with Gasteiger partial charge in [-0.15, -0.1) is 0 Å². The van der Waals surface area contributed by atoms with E-state index in [4.69, 9.17) is 5.73 Å². The number of anilines is 1. The van der Waals surface area contributed by atoms with Gasteiger partial charge in [-0.25, -0.2) is 4.39 Å². The predicted molar refractivity (Wildman–Crippen MR) is 80.5 cm³/mol. The summed E-state index contributed by atoms with van der Waals surface area (Å²) in [5.74, 6) is -0.312. The van der Waals surface area contributed by atoms with Gasteiger partial charge in [0.25, 0.3) is 0 Å². The van der Waals surface area contributed by atoms with Crippen LogP contribution in [0.15, 0.2) is 18.3 Å². The summed E-state index contributed by atoms with van der Waals surface area (Å²) in [5, 5.41) is 9.83. The molecule has 1 fully saturated rings. The van der Waals surface area contributed by atoms with Crippen LogP contribution in [-0.4, -0.2) is 59.9 Å². The maximum Gasteiger partial charge on any atom is 0.143 e. The number of β-amino-alcohol motifs (C(OH)–C–C–N with tert-alkyl or cyclic N) is 1. The molecule has 3 N–H and O–H groups in total. The van der Waals surface area contributed by atoms with Gasteiger partial charge in [-0.1, -0.05) is 6.08 Å². The highest BCUT2D eigenvalue weighted by Gasteiger charge is 2.25. The second kappa shape index (κ2) is 6.09. The lowest BCUT2D eigenvalue weighted by atomic mass is 10.0. The molecule has 0 unspecified atom stereocenters. The van der Waals surface area contributed by atoms with E-state index >= 15 is 0 Å². The Bertz CT molecular complexity index is 536. The minimum atomic E-state index is -0.452. The number of hydrogen-bond acceptors (Lipinski definition) is 5. The van der Waals surface area contributed by atoms with E-state index in [1.165, 1.54) is 12.3 Å². The summed E-state index contributed by atoms with van der Waals surface area (Å²) in [5.41, 5.74) is 7.46. The summed E-state index contributed by atoms with van der Waals surface area (Å²) >= 11 is 0. The monoisotopic (exact) mass is 292 g/mol. The first-order valence-electron chi connectivity index (χ1n) is 7.36. The number of nitrogens with zero attached hydrogens (tertiary/aromatic N) is 3. The smallest absolute Gasteiger partial charge is 0.143 e. The van der Waals surface area contributed by atoms with E-state index in [2.05, 4.69) is 14.8 Å². The van der Waals surface area contributed by atoms with E-state index in [0.29, 0.717) is 6.54 Å². The zero-order valence-electron chi connectivity index (χ0n) is 12.0. The first kappa shape index (κ1) is 14.4. The molecular formula is C15H21FN4O. The van der Waals surface area contributed by atoms with E-state index in [9.17, 15) is 9.50 Å².